The van der Waals surface area contributed by atoms with Crippen LogP contribution in [0.4, 0.5) is 5.69 Å². The van der Waals surface area contributed by atoms with Crippen molar-refractivity contribution in [3.63, 3.8) is 0 Å². The van der Waals surface area contributed by atoms with Gasteiger partial charge in [0.1, 0.15) is 5.69 Å². The molecular formula is C12H10N2O. The smallest absolute Gasteiger partial charge is 0.111 e. The number of rotatable bonds is 3. The molecule has 2 aromatic rings. The zero-order chi connectivity index (χ0) is 10.5. The van der Waals surface area contributed by atoms with E-state index in [1.807, 2.05) is 30.3 Å². The van der Waals surface area contributed by atoms with Crippen LogP contribution in [0.25, 0.3) is 0 Å². The normalized spacial score (nSPS) is 9.87. The van der Waals surface area contributed by atoms with Crippen LogP contribution in [0.2, 0.25) is 0 Å². The Balaban J connectivity index is 2.28. The summed E-state index contributed by atoms with van der Waals surface area (Å²) in [5.41, 5.74) is 2.34. The summed E-state index contributed by atoms with van der Waals surface area (Å²) in [4.78, 5) is 14.8. The summed E-state index contributed by atoms with van der Waals surface area (Å²) in [5, 5.41) is 2.99. The average Bonchev–Trinajstić information content (AvgIpc) is 2.31. The molecule has 0 aliphatic rings. The first-order valence-corrected chi connectivity index (χ1v) is 4.71. The van der Waals surface area contributed by atoms with E-state index in [9.17, 15) is 4.91 Å². The van der Waals surface area contributed by atoms with Gasteiger partial charge in [-0.15, -0.1) is 4.91 Å². The highest BCUT2D eigenvalue weighted by Gasteiger charge is 2.02. The lowest BCUT2D eigenvalue weighted by Crippen LogP contribution is -1.91. The Hall–Kier alpha value is -2.03. The topological polar surface area (TPSA) is 42.3 Å². The molecule has 15 heavy (non-hydrogen) atoms. The van der Waals surface area contributed by atoms with Crippen LogP contribution in [-0.2, 0) is 6.42 Å². The van der Waals surface area contributed by atoms with E-state index in [4.69, 9.17) is 0 Å². The van der Waals surface area contributed by atoms with Gasteiger partial charge in [0.2, 0.25) is 0 Å². The van der Waals surface area contributed by atoms with Crippen LogP contribution < -0.4 is 0 Å². The second kappa shape index (κ2) is 4.46. The maximum atomic E-state index is 10.5. The van der Waals surface area contributed by atoms with E-state index < -0.39 is 0 Å². The number of hydrogen-bond acceptors (Lipinski definition) is 3. The van der Waals surface area contributed by atoms with Crippen molar-refractivity contribution >= 4 is 5.69 Å². The van der Waals surface area contributed by atoms with E-state index in [-0.39, 0.29) is 0 Å². The number of nitroso groups, excluding NO2 is 1. The number of pyridine rings is 1. The van der Waals surface area contributed by atoms with Crippen molar-refractivity contribution in [2.75, 3.05) is 0 Å². The van der Waals surface area contributed by atoms with Gasteiger partial charge in [-0.25, -0.2) is 0 Å². The third kappa shape index (κ3) is 2.26. The minimum Gasteiger partial charge on any atom is -0.261 e. The van der Waals surface area contributed by atoms with Gasteiger partial charge in [0.25, 0.3) is 0 Å². The van der Waals surface area contributed by atoms with Gasteiger partial charge in [0.15, 0.2) is 0 Å². The number of hydrogen-bond donors (Lipinski definition) is 0. The molecule has 0 fully saturated rings. The van der Waals surface area contributed by atoms with E-state index in [0.29, 0.717) is 12.1 Å². The fourth-order valence-electron chi connectivity index (χ4n) is 1.45. The van der Waals surface area contributed by atoms with Crippen LogP contribution in [0.1, 0.15) is 11.3 Å². The molecule has 0 saturated carbocycles. The van der Waals surface area contributed by atoms with E-state index in [2.05, 4.69) is 10.2 Å². The van der Waals surface area contributed by atoms with Crippen molar-refractivity contribution in [2.24, 2.45) is 5.18 Å². The standard InChI is InChI=1S/C12H10N2O/c15-14-12-7-2-1-5-10(12)9-11-6-3-4-8-13-11/h1-8H,9H2. The van der Waals surface area contributed by atoms with Crippen LogP contribution in [0.5, 0.6) is 0 Å². The average molecular weight is 198 g/mol. The molecule has 0 saturated heterocycles. The van der Waals surface area contributed by atoms with Crippen LogP contribution in [0.15, 0.2) is 53.8 Å². The first-order chi connectivity index (χ1) is 7.40. The van der Waals surface area contributed by atoms with Crippen molar-refractivity contribution in [3.8, 4) is 0 Å². The van der Waals surface area contributed by atoms with Gasteiger partial charge in [-0.2, -0.15) is 0 Å². The molecular weight excluding hydrogens is 188 g/mol. The van der Waals surface area contributed by atoms with E-state index in [1.54, 1.807) is 18.3 Å². The maximum absolute atomic E-state index is 10.5. The minimum atomic E-state index is 0.489. The Bertz CT molecular complexity index is 454. The predicted molar refractivity (Wildman–Crippen MR) is 58.9 cm³/mol. The maximum Gasteiger partial charge on any atom is 0.111 e. The zero-order valence-electron chi connectivity index (χ0n) is 8.13. The van der Waals surface area contributed by atoms with Crippen molar-refractivity contribution < 1.29 is 0 Å². The molecule has 0 unspecified atom stereocenters. The summed E-state index contributed by atoms with van der Waals surface area (Å²) < 4.78 is 0. The third-order valence-corrected chi connectivity index (χ3v) is 2.19. The SMILES string of the molecule is O=Nc1ccccc1Cc1ccccn1. The molecule has 0 aliphatic carbocycles. The van der Waals surface area contributed by atoms with Crippen LogP contribution in [0.3, 0.4) is 0 Å². The largest absolute Gasteiger partial charge is 0.261 e. The van der Waals surface area contributed by atoms with Crippen molar-refractivity contribution in [3.05, 3.63) is 64.8 Å². The molecule has 0 atom stereocenters. The third-order valence-electron chi connectivity index (χ3n) is 2.19. The Kier molecular flexibility index (Phi) is 2.83. The fraction of sp³-hybridized carbons (Fsp3) is 0.0833. The van der Waals surface area contributed by atoms with Crippen LogP contribution in [-0.4, -0.2) is 4.98 Å². The Morgan fingerprint density at radius 1 is 1.07 bits per heavy atom. The quantitative estimate of drug-likeness (QED) is 0.711. The van der Waals surface area contributed by atoms with Crippen LogP contribution >= 0.6 is 0 Å². The zero-order valence-corrected chi connectivity index (χ0v) is 8.13. The van der Waals surface area contributed by atoms with Crippen molar-refractivity contribution in [2.45, 2.75) is 6.42 Å². The first-order valence-electron chi connectivity index (χ1n) is 4.71. The molecule has 0 N–H and O–H groups in total. The van der Waals surface area contributed by atoms with Gasteiger partial charge in [-0.3, -0.25) is 4.98 Å². The van der Waals surface area contributed by atoms with E-state index in [0.717, 1.165) is 11.3 Å². The predicted octanol–water partition coefficient (Wildman–Crippen LogP) is 3.07. The Morgan fingerprint density at radius 3 is 2.60 bits per heavy atom. The second-order valence-corrected chi connectivity index (χ2v) is 3.22. The van der Waals surface area contributed by atoms with Gasteiger partial charge in [0, 0.05) is 18.3 Å². The van der Waals surface area contributed by atoms with Gasteiger partial charge in [-0.1, -0.05) is 24.3 Å². The van der Waals surface area contributed by atoms with Gasteiger partial charge in [0.05, 0.1) is 0 Å². The number of nitrogens with zero attached hydrogens (tertiary/aromatic N) is 2. The molecule has 0 bridgehead atoms. The highest BCUT2D eigenvalue weighted by atomic mass is 16.3. The highest BCUT2D eigenvalue weighted by molar-refractivity contribution is 5.46. The van der Waals surface area contributed by atoms with Crippen LogP contribution in [0, 0.1) is 4.91 Å². The summed E-state index contributed by atoms with van der Waals surface area (Å²) in [6.45, 7) is 0. The summed E-state index contributed by atoms with van der Waals surface area (Å²) >= 11 is 0. The molecule has 3 nitrogen and oxygen atoms in total. The first kappa shape index (κ1) is 9.52. The molecule has 1 aromatic heterocycles. The summed E-state index contributed by atoms with van der Waals surface area (Å²) in [6, 6.07) is 13.0. The molecule has 0 amide bonds. The lowest BCUT2D eigenvalue weighted by atomic mass is 10.1. The Labute approximate surface area is 87.8 Å². The molecule has 2 rings (SSSR count). The van der Waals surface area contributed by atoms with Crippen molar-refractivity contribution in [1.82, 2.24) is 4.98 Å². The Morgan fingerprint density at radius 2 is 1.87 bits per heavy atom. The molecule has 3 heteroatoms. The molecule has 1 heterocycles. The monoisotopic (exact) mass is 198 g/mol. The molecule has 0 aliphatic heterocycles. The minimum absolute atomic E-state index is 0.489. The summed E-state index contributed by atoms with van der Waals surface area (Å²) in [6.07, 6.45) is 2.38. The second-order valence-electron chi connectivity index (χ2n) is 3.22. The van der Waals surface area contributed by atoms with Gasteiger partial charge < -0.3 is 0 Å². The fourth-order valence-corrected chi connectivity index (χ4v) is 1.45. The van der Waals surface area contributed by atoms with E-state index in [1.165, 1.54) is 0 Å². The van der Waals surface area contributed by atoms with E-state index >= 15 is 0 Å². The van der Waals surface area contributed by atoms with Gasteiger partial charge in [-0.05, 0) is 28.9 Å². The number of benzene rings is 1. The summed E-state index contributed by atoms with van der Waals surface area (Å²) in [5.74, 6) is 0. The molecule has 1 aromatic carbocycles. The number of aromatic nitrogens is 1. The molecule has 74 valence electrons. The highest BCUT2D eigenvalue weighted by Crippen LogP contribution is 2.20. The summed E-state index contributed by atoms with van der Waals surface area (Å²) in [7, 11) is 0. The van der Waals surface area contributed by atoms with Gasteiger partial charge >= 0.3 is 0 Å². The molecule has 0 radical (unpaired) electrons. The van der Waals surface area contributed by atoms with Crippen molar-refractivity contribution in [1.29, 1.82) is 0 Å². The lowest BCUT2D eigenvalue weighted by molar-refractivity contribution is 1.07. The lowest BCUT2D eigenvalue weighted by Gasteiger charge is -2.02. The molecule has 0 spiro atoms.